The van der Waals surface area contributed by atoms with Crippen LogP contribution in [0.4, 0.5) is 5.82 Å². The third kappa shape index (κ3) is 2.68. The Bertz CT molecular complexity index is 406. The molecule has 0 aliphatic heterocycles. The van der Waals surface area contributed by atoms with Gasteiger partial charge in [0.25, 0.3) is 0 Å². The first-order chi connectivity index (χ1) is 7.16. The zero-order valence-electron chi connectivity index (χ0n) is 8.20. The summed E-state index contributed by atoms with van der Waals surface area (Å²) in [6.45, 7) is 2.45. The summed E-state index contributed by atoms with van der Waals surface area (Å²) in [4.78, 5) is 16.6. The average molecular weight is 210 g/mol. The largest absolute Gasteiger partial charge is 0.358 e. The van der Waals surface area contributed by atoms with Crippen LogP contribution in [-0.4, -0.2) is 21.0 Å². The van der Waals surface area contributed by atoms with Crippen molar-refractivity contribution in [1.29, 1.82) is 0 Å². The Morgan fingerprint density at radius 1 is 1.80 bits per heavy atom. The second-order valence-corrected chi connectivity index (χ2v) is 2.88. The van der Waals surface area contributed by atoms with Crippen LogP contribution < -0.4 is 0 Å². The van der Waals surface area contributed by atoms with Gasteiger partial charge in [-0.3, -0.25) is 0 Å². The highest BCUT2D eigenvalue weighted by Crippen LogP contribution is 2.13. The number of nitrogens with zero attached hydrogens (tertiary/aromatic N) is 6. The van der Waals surface area contributed by atoms with E-state index in [1.807, 2.05) is 0 Å². The summed E-state index contributed by atoms with van der Waals surface area (Å²) in [6, 6.07) is 0. The van der Waals surface area contributed by atoms with Gasteiger partial charge in [-0.15, -0.1) is 0 Å². The first-order valence-corrected chi connectivity index (χ1v) is 4.34. The average Bonchev–Trinajstić information content (AvgIpc) is 2.55. The van der Waals surface area contributed by atoms with E-state index < -0.39 is 4.92 Å². The Kier molecular flexibility index (Phi) is 3.64. The normalized spacial score (nSPS) is 9.67. The minimum Gasteiger partial charge on any atom is -0.358 e. The molecule has 0 unspecified atom stereocenters. The van der Waals surface area contributed by atoms with Gasteiger partial charge in [-0.2, -0.15) is 0 Å². The minimum atomic E-state index is -0.479. The van der Waals surface area contributed by atoms with Crippen LogP contribution in [0.3, 0.4) is 0 Å². The van der Waals surface area contributed by atoms with Crippen LogP contribution in [0.2, 0.25) is 0 Å². The molecule has 1 aromatic heterocycles. The number of hydrogen-bond acceptors (Lipinski definition) is 4. The molecule has 0 aliphatic carbocycles. The predicted octanol–water partition coefficient (Wildman–Crippen LogP) is 1.80. The number of aryl methyl sites for hydroxylation is 1. The molecule has 0 amide bonds. The van der Waals surface area contributed by atoms with Gasteiger partial charge in [-0.05, 0) is 16.9 Å². The third-order valence-electron chi connectivity index (χ3n) is 1.92. The summed E-state index contributed by atoms with van der Waals surface area (Å²) >= 11 is 0. The number of azide groups is 1. The van der Waals surface area contributed by atoms with E-state index in [1.165, 1.54) is 10.8 Å². The monoisotopic (exact) mass is 210 g/mol. The van der Waals surface area contributed by atoms with Crippen molar-refractivity contribution in [2.45, 2.75) is 19.9 Å². The lowest BCUT2D eigenvalue weighted by Gasteiger charge is -2.00. The van der Waals surface area contributed by atoms with Crippen molar-refractivity contribution in [3.05, 3.63) is 32.6 Å². The van der Waals surface area contributed by atoms with Crippen LogP contribution >= 0.6 is 0 Å². The molecule has 1 heterocycles. The molecule has 15 heavy (non-hydrogen) atoms. The van der Waals surface area contributed by atoms with Crippen molar-refractivity contribution < 1.29 is 4.92 Å². The SMILES string of the molecule is Cc1ncc([N+](=O)[O-])n1CCCN=[N+]=[N-]. The van der Waals surface area contributed by atoms with Crippen molar-refractivity contribution in [3.63, 3.8) is 0 Å². The van der Waals surface area contributed by atoms with Crippen molar-refractivity contribution in [3.8, 4) is 0 Å². The van der Waals surface area contributed by atoms with Crippen molar-refractivity contribution >= 4 is 5.82 Å². The van der Waals surface area contributed by atoms with E-state index in [4.69, 9.17) is 5.53 Å². The Morgan fingerprint density at radius 2 is 2.53 bits per heavy atom. The van der Waals surface area contributed by atoms with Crippen molar-refractivity contribution in [2.24, 2.45) is 5.11 Å². The van der Waals surface area contributed by atoms with Gasteiger partial charge in [0.05, 0.1) is 6.54 Å². The van der Waals surface area contributed by atoms with Crippen LogP contribution in [0.25, 0.3) is 10.4 Å². The maximum atomic E-state index is 10.6. The summed E-state index contributed by atoms with van der Waals surface area (Å²) < 4.78 is 1.49. The van der Waals surface area contributed by atoms with Gasteiger partial charge >= 0.3 is 5.82 Å². The molecule has 0 saturated heterocycles. The molecule has 0 fully saturated rings. The van der Waals surface area contributed by atoms with Crippen molar-refractivity contribution in [2.75, 3.05) is 6.54 Å². The van der Waals surface area contributed by atoms with Crippen LogP contribution in [0.5, 0.6) is 0 Å². The zero-order valence-corrected chi connectivity index (χ0v) is 8.20. The fourth-order valence-corrected chi connectivity index (χ4v) is 1.22. The Balaban J connectivity index is 2.70. The lowest BCUT2D eigenvalue weighted by molar-refractivity contribution is -0.392. The van der Waals surface area contributed by atoms with Gasteiger partial charge in [0.2, 0.25) is 0 Å². The van der Waals surface area contributed by atoms with E-state index >= 15 is 0 Å². The van der Waals surface area contributed by atoms with Crippen LogP contribution in [0.15, 0.2) is 11.3 Å². The smallest absolute Gasteiger partial charge is 0.342 e. The first kappa shape index (κ1) is 11.0. The molecule has 80 valence electrons. The highest BCUT2D eigenvalue weighted by Gasteiger charge is 2.16. The van der Waals surface area contributed by atoms with Gasteiger partial charge in [-0.1, -0.05) is 5.11 Å². The molecule has 1 aromatic rings. The molecule has 1 rings (SSSR count). The summed E-state index contributed by atoms with van der Waals surface area (Å²) in [7, 11) is 0. The summed E-state index contributed by atoms with van der Waals surface area (Å²) in [5.74, 6) is 0.552. The van der Waals surface area contributed by atoms with E-state index in [-0.39, 0.29) is 5.82 Å². The maximum Gasteiger partial charge on any atom is 0.342 e. The number of nitro groups is 1. The molecule has 0 N–H and O–H groups in total. The van der Waals surface area contributed by atoms with Crippen LogP contribution in [-0.2, 0) is 6.54 Å². The van der Waals surface area contributed by atoms with E-state index in [0.717, 1.165) is 0 Å². The van der Waals surface area contributed by atoms with Gasteiger partial charge in [0, 0.05) is 18.4 Å². The standard InChI is InChI=1S/C7H10N6O2/c1-6-9-5-7(13(14)15)12(6)4-2-3-10-11-8/h5H,2-4H2,1H3. The number of rotatable bonds is 5. The molecule has 0 spiro atoms. The van der Waals surface area contributed by atoms with Gasteiger partial charge in [0.15, 0.2) is 5.82 Å². The molecule has 0 aromatic carbocycles. The highest BCUT2D eigenvalue weighted by molar-refractivity contribution is 5.18. The number of aromatic nitrogens is 2. The van der Waals surface area contributed by atoms with E-state index in [2.05, 4.69) is 15.0 Å². The van der Waals surface area contributed by atoms with Crippen LogP contribution in [0, 0.1) is 17.0 Å². The molecule has 8 nitrogen and oxygen atoms in total. The lowest BCUT2D eigenvalue weighted by atomic mass is 10.4. The van der Waals surface area contributed by atoms with Crippen molar-refractivity contribution in [1.82, 2.24) is 9.55 Å². The molecule has 0 aliphatic rings. The van der Waals surface area contributed by atoms with Gasteiger partial charge in [-0.25, -0.2) is 9.55 Å². The van der Waals surface area contributed by atoms with E-state index in [1.54, 1.807) is 6.92 Å². The topological polar surface area (TPSA) is 110 Å². The van der Waals surface area contributed by atoms with Crippen LogP contribution in [0.1, 0.15) is 12.2 Å². The Labute approximate surface area is 85.3 Å². The fraction of sp³-hybridized carbons (Fsp3) is 0.571. The summed E-state index contributed by atoms with van der Waals surface area (Å²) in [5.41, 5.74) is 8.05. The molecule has 0 radical (unpaired) electrons. The minimum absolute atomic E-state index is 0.0339. The quantitative estimate of drug-likeness (QED) is 0.184. The van der Waals surface area contributed by atoms with E-state index in [0.29, 0.717) is 25.3 Å². The zero-order chi connectivity index (χ0) is 11.3. The van der Waals surface area contributed by atoms with E-state index in [9.17, 15) is 10.1 Å². The number of hydrogen-bond donors (Lipinski definition) is 0. The molecule has 8 heteroatoms. The number of imidazole rings is 1. The Hall–Kier alpha value is -2.08. The second kappa shape index (κ2) is 4.97. The maximum absolute atomic E-state index is 10.6. The third-order valence-corrected chi connectivity index (χ3v) is 1.92. The molecular formula is C7H10N6O2. The molecule has 0 saturated carbocycles. The molecular weight excluding hydrogens is 200 g/mol. The summed E-state index contributed by atoms with van der Waals surface area (Å²) in [6.07, 6.45) is 1.78. The lowest BCUT2D eigenvalue weighted by Crippen LogP contribution is -2.05. The molecule has 0 bridgehead atoms. The Morgan fingerprint density at radius 3 is 3.13 bits per heavy atom. The first-order valence-electron chi connectivity index (χ1n) is 4.34. The molecule has 0 atom stereocenters. The fourth-order valence-electron chi connectivity index (χ4n) is 1.22. The predicted molar refractivity (Wildman–Crippen MR) is 52.2 cm³/mol. The van der Waals surface area contributed by atoms with Gasteiger partial charge in [0.1, 0.15) is 6.20 Å². The summed E-state index contributed by atoms with van der Waals surface area (Å²) in [5, 5.41) is 13.9. The highest BCUT2D eigenvalue weighted by atomic mass is 16.6. The second-order valence-electron chi connectivity index (χ2n) is 2.88. The van der Waals surface area contributed by atoms with Gasteiger partial charge < -0.3 is 10.1 Å².